The number of carbonyl (C=O) groups is 1. The van der Waals surface area contributed by atoms with Crippen molar-refractivity contribution in [3.63, 3.8) is 0 Å². The van der Waals surface area contributed by atoms with Gasteiger partial charge in [0, 0.05) is 24.3 Å². The molecule has 0 amide bonds. The number of carboxylic acid groups (broad SMARTS) is 1. The van der Waals surface area contributed by atoms with Crippen molar-refractivity contribution >= 4 is 23.4 Å². The maximum Gasteiger partial charge on any atom is 0.313 e. The van der Waals surface area contributed by atoms with Crippen molar-refractivity contribution in [2.24, 2.45) is 0 Å². The van der Waals surface area contributed by atoms with Crippen LogP contribution in [0, 0.1) is 5.82 Å². The van der Waals surface area contributed by atoms with Crippen molar-refractivity contribution in [2.75, 3.05) is 17.2 Å². The van der Waals surface area contributed by atoms with Crippen molar-refractivity contribution in [3.8, 4) is 22.9 Å². The minimum atomic E-state index is -0.922. The van der Waals surface area contributed by atoms with Gasteiger partial charge in [-0.05, 0) is 60.0 Å². The van der Waals surface area contributed by atoms with Crippen LogP contribution in [0.1, 0.15) is 11.1 Å². The first-order valence-electron chi connectivity index (χ1n) is 10.0. The van der Waals surface area contributed by atoms with E-state index in [2.05, 4.69) is 32.2 Å². The lowest BCUT2D eigenvalue weighted by molar-refractivity contribution is -0.133. The zero-order chi connectivity index (χ0) is 22.1. The number of fused-ring (bicyclic) bond motifs is 1. The Morgan fingerprint density at radius 3 is 2.78 bits per heavy atom. The molecule has 0 spiro atoms. The van der Waals surface area contributed by atoms with Crippen LogP contribution in [-0.4, -0.2) is 38.6 Å². The molecule has 0 aliphatic carbocycles. The fraction of sp³-hybridized carbons (Fsp3) is 0.174. The summed E-state index contributed by atoms with van der Waals surface area (Å²) in [6.45, 7) is 1.65. The topological polar surface area (TPSA) is 95.2 Å². The van der Waals surface area contributed by atoms with Gasteiger partial charge in [-0.2, -0.15) is 4.98 Å². The Morgan fingerprint density at radius 1 is 1.16 bits per heavy atom. The highest BCUT2D eigenvalue weighted by Crippen LogP contribution is 2.35. The van der Waals surface area contributed by atoms with Crippen LogP contribution >= 0.6 is 11.8 Å². The quantitative estimate of drug-likeness (QED) is 0.397. The molecule has 7 nitrogen and oxygen atoms in total. The minimum absolute atomic E-state index is 0.103. The Morgan fingerprint density at radius 2 is 1.97 bits per heavy atom. The van der Waals surface area contributed by atoms with Crippen molar-refractivity contribution in [1.82, 2.24) is 15.2 Å². The van der Waals surface area contributed by atoms with Crippen LogP contribution in [-0.2, 0) is 17.8 Å². The van der Waals surface area contributed by atoms with Gasteiger partial charge >= 0.3 is 5.97 Å². The highest BCUT2D eigenvalue weighted by atomic mass is 32.2. The first-order chi connectivity index (χ1) is 15.5. The normalized spacial score (nSPS) is 12.8. The first-order valence-corrected chi connectivity index (χ1v) is 11.0. The third-order valence-corrected chi connectivity index (χ3v) is 6.10. The van der Waals surface area contributed by atoms with E-state index >= 15 is 0 Å². The van der Waals surface area contributed by atoms with Crippen molar-refractivity contribution in [1.29, 1.82) is 0 Å². The van der Waals surface area contributed by atoms with Crippen LogP contribution < -0.4 is 4.90 Å². The number of nitrogens with zero attached hydrogens (tertiary/aromatic N) is 3. The second-order valence-electron chi connectivity index (χ2n) is 7.45. The number of furan rings is 1. The number of rotatable bonds is 7. The number of nitrogens with one attached hydrogen (secondary N) is 1. The summed E-state index contributed by atoms with van der Waals surface area (Å²) in [6.07, 6.45) is 0.935. The summed E-state index contributed by atoms with van der Waals surface area (Å²) in [7, 11) is 0. The average Bonchev–Trinajstić information content (AvgIpc) is 3.53. The summed E-state index contributed by atoms with van der Waals surface area (Å²) < 4.78 is 19.1. The smallest absolute Gasteiger partial charge is 0.313 e. The van der Waals surface area contributed by atoms with Gasteiger partial charge in [0.15, 0.2) is 11.6 Å². The molecule has 1 aliphatic heterocycles. The number of aromatic amines is 1. The van der Waals surface area contributed by atoms with Gasteiger partial charge in [0.25, 0.3) is 0 Å². The lowest BCUT2D eigenvalue weighted by atomic mass is 10.1. The number of aromatic nitrogens is 3. The molecule has 0 atom stereocenters. The van der Waals surface area contributed by atoms with Crippen LogP contribution in [0.4, 0.5) is 10.1 Å². The Kier molecular flexibility index (Phi) is 5.40. The zero-order valence-corrected chi connectivity index (χ0v) is 17.7. The van der Waals surface area contributed by atoms with E-state index in [0.717, 1.165) is 48.2 Å². The molecule has 0 saturated carbocycles. The van der Waals surface area contributed by atoms with Crippen molar-refractivity contribution in [2.45, 2.75) is 18.1 Å². The molecule has 2 N–H and O–H groups in total. The molecule has 2 aromatic carbocycles. The summed E-state index contributed by atoms with van der Waals surface area (Å²) in [5, 5.41) is 15.9. The molecule has 32 heavy (non-hydrogen) atoms. The van der Waals surface area contributed by atoms with E-state index in [1.807, 2.05) is 30.3 Å². The van der Waals surface area contributed by atoms with Gasteiger partial charge in [0.1, 0.15) is 11.6 Å². The van der Waals surface area contributed by atoms with Crippen LogP contribution in [0.5, 0.6) is 0 Å². The largest absolute Gasteiger partial charge is 0.481 e. The van der Waals surface area contributed by atoms with Crippen LogP contribution in [0.3, 0.4) is 0 Å². The maximum atomic E-state index is 13.2. The molecule has 0 unspecified atom stereocenters. The molecule has 162 valence electrons. The molecule has 9 heteroatoms. The Hall–Kier alpha value is -3.59. The van der Waals surface area contributed by atoms with E-state index in [1.165, 1.54) is 23.4 Å². The maximum absolute atomic E-state index is 13.2. The van der Waals surface area contributed by atoms with Gasteiger partial charge in [0.05, 0.1) is 5.75 Å². The molecule has 0 saturated heterocycles. The van der Waals surface area contributed by atoms with Crippen LogP contribution in [0.15, 0.2) is 64.2 Å². The van der Waals surface area contributed by atoms with Crippen LogP contribution in [0.25, 0.3) is 22.9 Å². The fourth-order valence-corrected chi connectivity index (χ4v) is 4.28. The van der Waals surface area contributed by atoms with E-state index in [1.54, 1.807) is 0 Å². The molecule has 0 fully saturated rings. The predicted molar refractivity (Wildman–Crippen MR) is 119 cm³/mol. The highest BCUT2D eigenvalue weighted by molar-refractivity contribution is 7.99. The minimum Gasteiger partial charge on any atom is -0.481 e. The van der Waals surface area contributed by atoms with E-state index in [4.69, 9.17) is 9.52 Å². The number of hydrogen-bond donors (Lipinski definition) is 2. The van der Waals surface area contributed by atoms with Crippen molar-refractivity contribution in [3.05, 3.63) is 71.5 Å². The zero-order valence-electron chi connectivity index (χ0n) is 16.9. The van der Waals surface area contributed by atoms with Gasteiger partial charge < -0.3 is 14.4 Å². The monoisotopic (exact) mass is 450 g/mol. The number of thioether (sulfide) groups is 1. The van der Waals surface area contributed by atoms with E-state index in [9.17, 15) is 9.18 Å². The SMILES string of the molecule is O=C(O)CSc1n[nH]c(-c2ccc(-c3ccc4c(c3)CCN4Cc3ccc(F)cc3)o2)n1. The molecular formula is C23H19FN4O3S. The number of hydrogen-bond acceptors (Lipinski definition) is 6. The Bertz CT molecular complexity index is 1270. The van der Waals surface area contributed by atoms with Crippen molar-refractivity contribution < 1.29 is 18.7 Å². The third kappa shape index (κ3) is 4.24. The molecule has 0 radical (unpaired) electrons. The standard InChI is InChI=1S/C23H19FN4O3S/c24-17-4-1-14(2-5-17)12-28-10-9-15-11-16(3-6-18(15)28)19-7-8-20(31-19)22-25-23(27-26-22)32-13-21(29)30/h1-8,11H,9-10,12-13H2,(H,29,30)(H,25,26,27). The second-order valence-corrected chi connectivity index (χ2v) is 8.40. The van der Waals surface area contributed by atoms with Gasteiger partial charge in [-0.15, -0.1) is 5.10 Å². The second kappa shape index (κ2) is 8.51. The van der Waals surface area contributed by atoms with Gasteiger partial charge in [-0.1, -0.05) is 23.9 Å². The molecule has 4 aromatic rings. The number of H-pyrrole nitrogens is 1. The number of anilines is 1. The molecule has 5 rings (SSSR count). The van der Waals surface area contributed by atoms with Gasteiger partial charge in [-0.3, -0.25) is 9.89 Å². The fourth-order valence-electron chi connectivity index (χ4n) is 3.77. The first kappa shape index (κ1) is 20.3. The third-order valence-electron chi connectivity index (χ3n) is 5.27. The molecular weight excluding hydrogens is 431 g/mol. The highest BCUT2D eigenvalue weighted by Gasteiger charge is 2.21. The van der Waals surface area contributed by atoms with Crippen LogP contribution in [0.2, 0.25) is 0 Å². The summed E-state index contributed by atoms with van der Waals surface area (Å²) in [6, 6.07) is 16.6. The van der Waals surface area contributed by atoms with Gasteiger partial charge in [0.2, 0.25) is 5.16 Å². The Labute approximate surface area is 187 Å². The molecule has 1 aliphatic rings. The summed E-state index contributed by atoms with van der Waals surface area (Å²) in [4.78, 5) is 17.3. The Balaban J connectivity index is 1.31. The van der Waals surface area contributed by atoms with E-state index in [-0.39, 0.29) is 11.6 Å². The number of aliphatic carboxylic acids is 1. The number of benzene rings is 2. The molecule has 2 aromatic heterocycles. The number of carboxylic acids is 1. The van der Waals surface area contributed by atoms with E-state index in [0.29, 0.717) is 16.7 Å². The van der Waals surface area contributed by atoms with Gasteiger partial charge in [-0.25, -0.2) is 4.39 Å². The summed E-state index contributed by atoms with van der Waals surface area (Å²) in [5.41, 5.74) is 4.47. The predicted octanol–water partition coefficient (Wildman–Crippen LogP) is 4.61. The molecule has 0 bridgehead atoms. The lowest BCUT2D eigenvalue weighted by Crippen LogP contribution is -2.19. The molecule has 3 heterocycles. The summed E-state index contributed by atoms with van der Waals surface area (Å²) >= 11 is 1.04. The lowest BCUT2D eigenvalue weighted by Gasteiger charge is -2.19. The summed E-state index contributed by atoms with van der Waals surface area (Å²) in [5.74, 6) is 0.460. The average molecular weight is 450 g/mol. The number of halogens is 1. The van der Waals surface area contributed by atoms with E-state index < -0.39 is 5.97 Å².